The quantitative estimate of drug-likeness (QED) is 0.646. The average molecular weight is 255 g/mol. The van der Waals surface area contributed by atoms with Gasteiger partial charge in [0.05, 0.1) is 13.2 Å². The highest BCUT2D eigenvalue weighted by atomic mass is 32.2. The van der Waals surface area contributed by atoms with Crippen LogP contribution in [0.1, 0.15) is 12.8 Å². The molecule has 0 aliphatic carbocycles. The first-order valence-corrected chi connectivity index (χ1v) is 6.49. The van der Waals surface area contributed by atoms with Crippen molar-refractivity contribution < 1.29 is 14.3 Å². The summed E-state index contributed by atoms with van der Waals surface area (Å²) in [6, 6.07) is 7.84. The van der Waals surface area contributed by atoms with Crippen LogP contribution in [0.2, 0.25) is 0 Å². The van der Waals surface area contributed by atoms with Gasteiger partial charge in [-0.3, -0.25) is 4.84 Å². The number of hydrogen-bond acceptors (Lipinski definition) is 5. The maximum atomic E-state index is 5.55. The van der Waals surface area contributed by atoms with E-state index >= 15 is 0 Å². The van der Waals surface area contributed by atoms with Gasteiger partial charge in [0.1, 0.15) is 5.75 Å². The van der Waals surface area contributed by atoms with Gasteiger partial charge in [0.25, 0.3) is 0 Å². The molecular formula is C12H17NO3S. The third-order valence-electron chi connectivity index (χ3n) is 2.60. The van der Waals surface area contributed by atoms with Crippen LogP contribution in [-0.4, -0.2) is 26.4 Å². The highest BCUT2D eigenvalue weighted by Gasteiger charge is 2.14. The molecule has 0 unspecified atom stereocenters. The molecule has 1 N–H and O–H groups in total. The van der Waals surface area contributed by atoms with Gasteiger partial charge in [0.15, 0.2) is 0 Å². The standard InChI is InChI=1S/C12H17NO3S/c1-14-10-2-4-12(5-3-10)17-13-16-11-6-8-15-9-7-11/h2-5,11,13H,6-9H2,1H3. The Kier molecular flexibility index (Phi) is 5.12. The Balaban J connectivity index is 1.69. The molecule has 0 aromatic heterocycles. The topological polar surface area (TPSA) is 39.7 Å². The smallest absolute Gasteiger partial charge is 0.118 e. The predicted octanol–water partition coefficient (Wildman–Crippen LogP) is 2.40. The van der Waals surface area contributed by atoms with E-state index in [4.69, 9.17) is 14.3 Å². The lowest BCUT2D eigenvalue weighted by Crippen LogP contribution is -2.26. The molecule has 4 nitrogen and oxygen atoms in total. The molecule has 1 aliphatic rings. The van der Waals surface area contributed by atoms with Gasteiger partial charge < -0.3 is 9.47 Å². The van der Waals surface area contributed by atoms with Crippen molar-refractivity contribution in [1.82, 2.24) is 4.89 Å². The van der Waals surface area contributed by atoms with Crippen LogP contribution in [0.15, 0.2) is 29.2 Å². The second-order valence-corrected chi connectivity index (χ2v) is 4.63. The van der Waals surface area contributed by atoms with Gasteiger partial charge in [0.2, 0.25) is 0 Å². The van der Waals surface area contributed by atoms with Crippen molar-refractivity contribution in [2.45, 2.75) is 23.8 Å². The van der Waals surface area contributed by atoms with Gasteiger partial charge in [0, 0.05) is 18.1 Å². The molecule has 1 aromatic carbocycles. The van der Waals surface area contributed by atoms with Crippen molar-refractivity contribution in [1.29, 1.82) is 0 Å². The van der Waals surface area contributed by atoms with Gasteiger partial charge in [-0.15, -0.1) is 4.89 Å². The molecule has 0 saturated carbocycles. The van der Waals surface area contributed by atoms with E-state index in [0.717, 1.165) is 36.7 Å². The van der Waals surface area contributed by atoms with Gasteiger partial charge >= 0.3 is 0 Å². The second kappa shape index (κ2) is 6.86. The third kappa shape index (κ3) is 4.20. The zero-order valence-electron chi connectivity index (χ0n) is 9.85. The molecule has 1 aliphatic heterocycles. The Morgan fingerprint density at radius 2 is 1.94 bits per heavy atom. The zero-order valence-corrected chi connectivity index (χ0v) is 10.7. The largest absolute Gasteiger partial charge is 0.497 e. The Bertz CT molecular complexity index is 325. The summed E-state index contributed by atoms with van der Waals surface area (Å²) in [5.41, 5.74) is 0. The Morgan fingerprint density at radius 1 is 1.24 bits per heavy atom. The van der Waals surface area contributed by atoms with Gasteiger partial charge in [-0.1, -0.05) is 0 Å². The summed E-state index contributed by atoms with van der Waals surface area (Å²) in [6.45, 7) is 1.58. The summed E-state index contributed by atoms with van der Waals surface area (Å²) >= 11 is 1.46. The fourth-order valence-corrected chi connectivity index (χ4v) is 2.13. The van der Waals surface area contributed by atoms with E-state index in [1.54, 1.807) is 7.11 Å². The Morgan fingerprint density at radius 3 is 2.59 bits per heavy atom. The summed E-state index contributed by atoms with van der Waals surface area (Å²) < 4.78 is 10.4. The summed E-state index contributed by atoms with van der Waals surface area (Å²) in [5, 5.41) is 0. The molecule has 0 atom stereocenters. The fraction of sp³-hybridized carbons (Fsp3) is 0.500. The van der Waals surface area contributed by atoms with Gasteiger partial charge in [-0.25, -0.2) is 0 Å². The first kappa shape index (κ1) is 12.7. The van der Waals surface area contributed by atoms with E-state index in [1.807, 2.05) is 24.3 Å². The van der Waals surface area contributed by atoms with Crippen LogP contribution in [0.3, 0.4) is 0 Å². The predicted molar refractivity (Wildman–Crippen MR) is 66.9 cm³/mol. The maximum Gasteiger partial charge on any atom is 0.118 e. The summed E-state index contributed by atoms with van der Waals surface area (Å²) in [7, 11) is 1.66. The van der Waals surface area contributed by atoms with Crippen LogP contribution in [0.4, 0.5) is 0 Å². The van der Waals surface area contributed by atoms with Crippen LogP contribution in [0.5, 0.6) is 5.75 Å². The number of benzene rings is 1. The van der Waals surface area contributed by atoms with E-state index < -0.39 is 0 Å². The van der Waals surface area contributed by atoms with Crippen molar-refractivity contribution in [2.24, 2.45) is 0 Å². The molecule has 17 heavy (non-hydrogen) atoms. The first-order valence-electron chi connectivity index (χ1n) is 5.68. The minimum absolute atomic E-state index is 0.259. The molecule has 1 heterocycles. The maximum absolute atomic E-state index is 5.55. The van der Waals surface area contributed by atoms with Crippen molar-refractivity contribution in [3.63, 3.8) is 0 Å². The van der Waals surface area contributed by atoms with E-state index in [9.17, 15) is 0 Å². The molecule has 0 radical (unpaired) electrons. The van der Waals surface area contributed by atoms with E-state index in [1.165, 1.54) is 11.9 Å². The molecule has 0 spiro atoms. The number of nitrogens with one attached hydrogen (secondary N) is 1. The van der Waals surface area contributed by atoms with Crippen molar-refractivity contribution in [3.8, 4) is 5.75 Å². The highest BCUT2D eigenvalue weighted by molar-refractivity contribution is 7.97. The number of methoxy groups -OCH3 is 1. The van der Waals surface area contributed by atoms with Crippen molar-refractivity contribution in [2.75, 3.05) is 20.3 Å². The lowest BCUT2D eigenvalue weighted by atomic mass is 10.2. The summed E-state index contributed by atoms with van der Waals surface area (Å²) in [6.07, 6.45) is 2.17. The molecule has 0 bridgehead atoms. The first-order chi connectivity index (χ1) is 8.38. The van der Waals surface area contributed by atoms with E-state index in [-0.39, 0.29) is 6.10 Å². The van der Waals surface area contributed by atoms with Crippen LogP contribution in [0.25, 0.3) is 0 Å². The Hall–Kier alpha value is -0.750. The van der Waals surface area contributed by atoms with Crippen LogP contribution < -0.4 is 9.62 Å². The molecule has 1 saturated heterocycles. The number of ether oxygens (including phenoxy) is 2. The van der Waals surface area contributed by atoms with Gasteiger partial charge in [-0.05, 0) is 49.1 Å². The number of rotatable bonds is 5. The van der Waals surface area contributed by atoms with Crippen LogP contribution in [0, 0.1) is 0 Å². The Labute approximate surface area is 106 Å². The summed E-state index contributed by atoms with van der Waals surface area (Å²) in [5.74, 6) is 0.861. The lowest BCUT2D eigenvalue weighted by molar-refractivity contribution is -0.0492. The second-order valence-electron chi connectivity index (χ2n) is 3.79. The highest BCUT2D eigenvalue weighted by Crippen LogP contribution is 2.19. The normalized spacial score (nSPS) is 17.0. The molecule has 1 aromatic rings. The molecule has 1 fully saturated rings. The molecule has 2 rings (SSSR count). The molecule has 94 valence electrons. The molecule has 5 heteroatoms. The molecular weight excluding hydrogens is 238 g/mol. The minimum Gasteiger partial charge on any atom is -0.497 e. The third-order valence-corrected chi connectivity index (χ3v) is 3.29. The lowest BCUT2D eigenvalue weighted by Gasteiger charge is -2.21. The summed E-state index contributed by atoms with van der Waals surface area (Å²) in [4.78, 5) is 9.57. The monoisotopic (exact) mass is 255 g/mol. The number of hydrogen-bond donors (Lipinski definition) is 1. The molecule has 0 amide bonds. The van der Waals surface area contributed by atoms with Crippen molar-refractivity contribution in [3.05, 3.63) is 24.3 Å². The average Bonchev–Trinajstić information content (AvgIpc) is 2.41. The zero-order chi connectivity index (χ0) is 11.9. The fourth-order valence-electron chi connectivity index (χ4n) is 1.58. The van der Waals surface area contributed by atoms with E-state index in [2.05, 4.69) is 4.89 Å². The van der Waals surface area contributed by atoms with Crippen molar-refractivity contribution >= 4 is 11.9 Å². The minimum atomic E-state index is 0.259. The van der Waals surface area contributed by atoms with Gasteiger partial charge in [-0.2, -0.15) is 0 Å². The SMILES string of the molecule is COc1ccc(SNOC2CCOCC2)cc1. The van der Waals surface area contributed by atoms with Crippen LogP contribution in [-0.2, 0) is 9.57 Å². The van der Waals surface area contributed by atoms with E-state index in [0.29, 0.717) is 0 Å². The van der Waals surface area contributed by atoms with Crippen LogP contribution >= 0.6 is 11.9 Å².